The second-order valence-electron chi connectivity index (χ2n) is 3.83. The number of anilines is 1. The average Bonchev–Trinajstić information content (AvgIpc) is 2.93. The third kappa shape index (κ3) is 3.76. The number of ether oxygens (including phenoxy) is 1. The molecule has 0 fully saturated rings. The maximum Gasteiger partial charge on any atom is 0.264 e. The highest BCUT2D eigenvalue weighted by atomic mass is 32.1. The van der Waals surface area contributed by atoms with Gasteiger partial charge in [-0.25, -0.2) is 0 Å². The summed E-state index contributed by atoms with van der Waals surface area (Å²) in [6, 6.07) is 8.56. The minimum atomic E-state index is -0.298. The van der Waals surface area contributed by atoms with Crippen LogP contribution in [0.25, 0.3) is 0 Å². The van der Waals surface area contributed by atoms with Crippen molar-refractivity contribution in [3.63, 3.8) is 0 Å². The van der Waals surface area contributed by atoms with Crippen molar-refractivity contribution in [2.24, 2.45) is 0 Å². The third-order valence-electron chi connectivity index (χ3n) is 2.37. The van der Waals surface area contributed by atoms with Gasteiger partial charge in [0.15, 0.2) is 6.61 Å². The van der Waals surface area contributed by atoms with Crippen LogP contribution in [0.2, 0.25) is 0 Å². The van der Waals surface area contributed by atoms with E-state index >= 15 is 0 Å². The predicted octanol–water partition coefficient (Wildman–Crippen LogP) is 1.99. The second-order valence-corrected chi connectivity index (χ2v) is 4.89. The number of aryl methyl sites for hydroxylation is 1. The molecule has 1 amide bonds. The molecule has 0 saturated heterocycles. The van der Waals surface area contributed by atoms with Crippen molar-refractivity contribution in [1.29, 1.82) is 5.26 Å². The van der Waals surface area contributed by atoms with Crippen molar-refractivity contribution in [1.82, 2.24) is 10.2 Å². The highest BCUT2D eigenvalue weighted by Gasteiger charge is 2.08. The molecule has 0 spiro atoms. The quantitative estimate of drug-likeness (QED) is 0.909. The van der Waals surface area contributed by atoms with Gasteiger partial charge in [0.1, 0.15) is 10.8 Å². The number of hydrogen-bond acceptors (Lipinski definition) is 6. The van der Waals surface area contributed by atoms with Gasteiger partial charge in [-0.2, -0.15) is 5.26 Å². The first-order valence-electron chi connectivity index (χ1n) is 5.96. The Morgan fingerprint density at radius 1 is 1.40 bits per heavy atom. The molecule has 1 heterocycles. The SMILES string of the molecule is CCc1nnc(NC(=O)COc2ccc(C#N)cc2)s1. The van der Waals surface area contributed by atoms with Crippen LogP contribution in [0.1, 0.15) is 17.5 Å². The van der Waals surface area contributed by atoms with Crippen LogP contribution in [0.15, 0.2) is 24.3 Å². The lowest BCUT2D eigenvalue weighted by Crippen LogP contribution is -2.20. The minimum Gasteiger partial charge on any atom is -0.484 e. The number of amides is 1. The van der Waals surface area contributed by atoms with Crippen molar-refractivity contribution in [2.75, 3.05) is 11.9 Å². The fraction of sp³-hybridized carbons (Fsp3) is 0.231. The lowest BCUT2D eigenvalue weighted by Gasteiger charge is -2.05. The second kappa shape index (κ2) is 6.63. The van der Waals surface area contributed by atoms with Gasteiger partial charge in [0, 0.05) is 0 Å². The van der Waals surface area contributed by atoms with Crippen molar-refractivity contribution >= 4 is 22.4 Å². The highest BCUT2D eigenvalue weighted by molar-refractivity contribution is 7.15. The summed E-state index contributed by atoms with van der Waals surface area (Å²) in [6.07, 6.45) is 0.787. The molecule has 1 aromatic heterocycles. The summed E-state index contributed by atoms with van der Waals surface area (Å²) in [5.41, 5.74) is 0.544. The molecule has 2 aromatic rings. The Balaban J connectivity index is 1.84. The van der Waals surface area contributed by atoms with Crippen LogP contribution in [0.4, 0.5) is 5.13 Å². The Morgan fingerprint density at radius 3 is 2.75 bits per heavy atom. The maximum atomic E-state index is 11.7. The minimum absolute atomic E-state index is 0.118. The van der Waals surface area contributed by atoms with E-state index in [1.54, 1.807) is 24.3 Å². The number of nitrogens with zero attached hydrogens (tertiary/aromatic N) is 3. The van der Waals surface area contributed by atoms with Crippen LogP contribution in [0.5, 0.6) is 5.75 Å². The largest absolute Gasteiger partial charge is 0.484 e. The van der Waals surface area contributed by atoms with Gasteiger partial charge < -0.3 is 4.74 Å². The number of hydrogen-bond donors (Lipinski definition) is 1. The van der Waals surface area contributed by atoms with Gasteiger partial charge in [-0.05, 0) is 30.7 Å². The topological polar surface area (TPSA) is 87.9 Å². The van der Waals surface area contributed by atoms with Gasteiger partial charge in [0.25, 0.3) is 5.91 Å². The molecule has 0 unspecified atom stereocenters. The van der Waals surface area contributed by atoms with E-state index < -0.39 is 0 Å². The van der Waals surface area contributed by atoms with Crippen molar-refractivity contribution in [3.05, 3.63) is 34.8 Å². The first kappa shape index (κ1) is 14.0. The molecule has 20 heavy (non-hydrogen) atoms. The molecular weight excluding hydrogens is 276 g/mol. The number of nitrogens with one attached hydrogen (secondary N) is 1. The zero-order chi connectivity index (χ0) is 14.4. The lowest BCUT2D eigenvalue weighted by molar-refractivity contribution is -0.118. The van der Waals surface area contributed by atoms with Crippen LogP contribution in [0.3, 0.4) is 0 Å². The number of carbonyl (C=O) groups excluding carboxylic acids is 1. The molecule has 0 aliphatic carbocycles. The zero-order valence-corrected chi connectivity index (χ0v) is 11.6. The smallest absolute Gasteiger partial charge is 0.264 e. The van der Waals surface area contributed by atoms with Crippen LogP contribution in [0, 0.1) is 11.3 Å². The van der Waals surface area contributed by atoms with E-state index in [2.05, 4.69) is 15.5 Å². The average molecular weight is 288 g/mol. The van der Waals surface area contributed by atoms with Crippen LogP contribution in [-0.4, -0.2) is 22.7 Å². The molecular formula is C13H12N4O2S. The number of rotatable bonds is 5. The van der Waals surface area contributed by atoms with Gasteiger partial charge in [-0.1, -0.05) is 18.3 Å². The number of carbonyl (C=O) groups is 1. The molecule has 0 bridgehead atoms. The standard InChI is InChI=1S/C13H12N4O2S/c1-2-12-16-17-13(20-12)15-11(18)8-19-10-5-3-9(7-14)4-6-10/h3-6H,2,8H2,1H3,(H,15,17,18). The van der Waals surface area contributed by atoms with Gasteiger partial charge in [-0.15, -0.1) is 10.2 Å². The van der Waals surface area contributed by atoms with E-state index in [1.165, 1.54) is 11.3 Å². The fourth-order valence-corrected chi connectivity index (χ4v) is 2.07. The summed E-state index contributed by atoms with van der Waals surface area (Å²) in [7, 11) is 0. The van der Waals surface area contributed by atoms with Gasteiger partial charge in [-0.3, -0.25) is 10.1 Å². The Bertz CT molecular complexity index is 631. The number of benzene rings is 1. The Kier molecular flexibility index (Phi) is 4.63. The molecule has 0 radical (unpaired) electrons. The third-order valence-corrected chi connectivity index (χ3v) is 3.35. The molecule has 0 aliphatic rings. The lowest BCUT2D eigenvalue weighted by atomic mass is 10.2. The van der Waals surface area contributed by atoms with E-state index in [0.29, 0.717) is 16.4 Å². The first-order chi connectivity index (χ1) is 9.71. The van der Waals surface area contributed by atoms with E-state index in [0.717, 1.165) is 11.4 Å². The number of nitriles is 1. The summed E-state index contributed by atoms with van der Waals surface area (Å²) >= 11 is 1.34. The highest BCUT2D eigenvalue weighted by Crippen LogP contribution is 2.15. The molecule has 7 heteroatoms. The van der Waals surface area contributed by atoms with Crippen LogP contribution in [-0.2, 0) is 11.2 Å². The van der Waals surface area contributed by atoms with Gasteiger partial charge in [0.05, 0.1) is 11.6 Å². The summed E-state index contributed by atoms with van der Waals surface area (Å²) in [5.74, 6) is 0.235. The van der Waals surface area contributed by atoms with E-state index in [1.807, 2.05) is 13.0 Å². The zero-order valence-electron chi connectivity index (χ0n) is 10.8. The summed E-state index contributed by atoms with van der Waals surface area (Å²) in [5, 5.41) is 20.4. The Morgan fingerprint density at radius 2 is 2.15 bits per heavy atom. The molecule has 2 rings (SSSR count). The molecule has 102 valence electrons. The number of aromatic nitrogens is 2. The van der Waals surface area contributed by atoms with Crippen LogP contribution < -0.4 is 10.1 Å². The van der Waals surface area contributed by atoms with E-state index in [9.17, 15) is 4.79 Å². The molecule has 6 nitrogen and oxygen atoms in total. The predicted molar refractivity (Wildman–Crippen MR) is 74.6 cm³/mol. The van der Waals surface area contributed by atoms with E-state index in [4.69, 9.17) is 10.00 Å². The monoisotopic (exact) mass is 288 g/mol. The normalized spacial score (nSPS) is 9.80. The first-order valence-corrected chi connectivity index (χ1v) is 6.78. The summed E-state index contributed by atoms with van der Waals surface area (Å²) in [4.78, 5) is 11.7. The van der Waals surface area contributed by atoms with E-state index in [-0.39, 0.29) is 12.5 Å². The molecule has 0 atom stereocenters. The molecule has 1 N–H and O–H groups in total. The Labute approximate surface area is 120 Å². The molecule has 0 saturated carbocycles. The fourth-order valence-electron chi connectivity index (χ4n) is 1.38. The van der Waals surface area contributed by atoms with Crippen molar-refractivity contribution in [3.8, 4) is 11.8 Å². The summed E-state index contributed by atoms with van der Waals surface area (Å²) in [6.45, 7) is 1.85. The summed E-state index contributed by atoms with van der Waals surface area (Å²) < 4.78 is 5.31. The maximum absolute atomic E-state index is 11.7. The molecule has 0 aliphatic heterocycles. The Hall–Kier alpha value is -2.46. The van der Waals surface area contributed by atoms with Gasteiger partial charge in [0.2, 0.25) is 5.13 Å². The van der Waals surface area contributed by atoms with Gasteiger partial charge >= 0.3 is 0 Å². The van der Waals surface area contributed by atoms with Crippen molar-refractivity contribution in [2.45, 2.75) is 13.3 Å². The van der Waals surface area contributed by atoms with Crippen molar-refractivity contribution < 1.29 is 9.53 Å². The molecule has 1 aromatic carbocycles. The van der Waals surface area contributed by atoms with Crippen LogP contribution >= 0.6 is 11.3 Å².